The van der Waals surface area contributed by atoms with E-state index < -0.39 is 5.41 Å². The van der Waals surface area contributed by atoms with E-state index in [1.807, 2.05) is 0 Å². The molecular weight excluding hydrogens is 771 g/mol. The van der Waals surface area contributed by atoms with Crippen LogP contribution >= 0.6 is 0 Å². The summed E-state index contributed by atoms with van der Waals surface area (Å²) in [5.74, 6) is 0. The predicted molar refractivity (Wildman–Crippen MR) is 268 cm³/mol. The molecule has 10 aromatic carbocycles. The van der Waals surface area contributed by atoms with Crippen molar-refractivity contribution in [2.75, 3.05) is 4.90 Å². The van der Waals surface area contributed by atoms with E-state index in [0.717, 1.165) is 17.8 Å². The molecule has 3 aliphatic carbocycles. The molecule has 0 atom stereocenters. The first-order valence-corrected chi connectivity index (χ1v) is 22.9. The van der Waals surface area contributed by atoms with Crippen LogP contribution < -0.4 is 4.90 Å². The molecule has 0 amide bonds. The van der Waals surface area contributed by atoms with Crippen molar-refractivity contribution in [3.05, 3.63) is 258 Å². The molecule has 3 aliphatic rings. The summed E-state index contributed by atoms with van der Waals surface area (Å²) in [7, 11) is 0. The summed E-state index contributed by atoms with van der Waals surface area (Å²) >= 11 is 0. The lowest BCUT2D eigenvalue weighted by atomic mass is 9.70. The molecule has 0 aromatic heterocycles. The maximum absolute atomic E-state index is 2.60. The average Bonchev–Trinajstić information content (AvgIpc) is 3.84. The van der Waals surface area contributed by atoms with Crippen molar-refractivity contribution in [2.24, 2.45) is 0 Å². The fraction of sp³-hybridized carbons (Fsp3) is 0.0794. The molecule has 1 heteroatoms. The highest BCUT2D eigenvalue weighted by Crippen LogP contribution is 2.65. The van der Waals surface area contributed by atoms with Crippen LogP contribution in [-0.4, -0.2) is 0 Å². The molecule has 1 nitrogen and oxygen atoms in total. The molecule has 0 saturated heterocycles. The Labute approximate surface area is 375 Å². The van der Waals surface area contributed by atoms with Gasteiger partial charge in [0.1, 0.15) is 0 Å². The van der Waals surface area contributed by atoms with Gasteiger partial charge in [-0.25, -0.2) is 0 Å². The third-order valence-electron chi connectivity index (χ3n) is 14.5. The van der Waals surface area contributed by atoms with E-state index in [4.69, 9.17) is 0 Å². The van der Waals surface area contributed by atoms with Crippen molar-refractivity contribution >= 4 is 27.8 Å². The van der Waals surface area contributed by atoms with Crippen molar-refractivity contribution in [1.29, 1.82) is 0 Å². The summed E-state index contributed by atoms with van der Waals surface area (Å²) in [5, 5.41) is 2.55. The fourth-order valence-electron chi connectivity index (χ4n) is 11.9. The van der Waals surface area contributed by atoms with Crippen molar-refractivity contribution in [3.63, 3.8) is 0 Å². The number of fused-ring (bicyclic) bond motifs is 12. The van der Waals surface area contributed by atoms with Gasteiger partial charge in [0.2, 0.25) is 0 Å². The molecule has 0 saturated carbocycles. The first-order valence-electron chi connectivity index (χ1n) is 22.9. The van der Waals surface area contributed by atoms with Crippen molar-refractivity contribution < 1.29 is 0 Å². The summed E-state index contributed by atoms with van der Waals surface area (Å²) in [4.78, 5) is 2.60. The van der Waals surface area contributed by atoms with Gasteiger partial charge in [0, 0.05) is 16.7 Å². The molecule has 13 rings (SSSR count). The van der Waals surface area contributed by atoms with Crippen LogP contribution in [0.4, 0.5) is 17.1 Å². The summed E-state index contributed by atoms with van der Waals surface area (Å²) in [5.41, 5.74) is 23.9. The van der Waals surface area contributed by atoms with Gasteiger partial charge >= 0.3 is 0 Å². The number of nitrogens with zero attached hydrogens (tertiary/aromatic N) is 1. The zero-order valence-electron chi connectivity index (χ0n) is 35.6. The molecule has 0 heterocycles. The van der Waals surface area contributed by atoms with Crippen LogP contribution in [0.5, 0.6) is 0 Å². The molecular formula is C63H45N. The highest BCUT2D eigenvalue weighted by Gasteiger charge is 2.53. The summed E-state index contributed by atoms with van der Waals surface area (Å²) in [6.45, 7) is 0. The van der Waals surface area contributed by atoms with E-state index in [1.54, 1.807) is 0 Å². The number of aryl methyl sites for hydroxylation is 1. The Morgan fingerprint density at radius 2 is 0.750 bits per heavy atom. The number of anilines is 3. The van der Waals surface area contributed by atoms with Crippen molar-refractivity contribution in [3.8, 4) is 55.6 Å². The number of rotatable bonds is 6. The van der Waals surface area contributed by atoms with Crippen LogP contribution in [0.3, 0.4) is 0 Å². The standard InChI is InChI=1S/C63H45N/c1-2-20-43(21-3-1)45-25-11-16-37-59(45)64(60-38-17-12-31-54(60)50-41-40-49(47-26-6-7-27-48(47)50)46-32-18-23-42-22-4-5-24-44(42)46)61-39-19-33-55-53-30-10-15-36-58(53)63(62(55)61)56-34-13-8-28-51(56)52-29-9-14-35-57(52)63/h1-3,6-21,23,25-41H,4-5,22,24H2. The fourth-order valence-corrected chi connectivity index (χ4v) is 11.9. The lowest BCUT2D eigenvalue weighted by Crippen LogP contribution is -2.28. The van der Waals surface area contributed by atoms with Gasteiger partial charge in [-0.3, -0.25) is 0 Å². The van der Waals surface area contributed by atoms with Crippen molar-refractivity contribution in [2.45, 2.75) is 31.1 Å². The third kappa shape index (κ3) is 5.31. The van der Waals surface area contributed by atoms with Gasteiger partial charge in [-0.1, -0.05) is 206 Å². The van der Waals surface area contributed by atoms with Gasteiger partial charge in [0.25, 0.3) is 0 Å². The minimum Gasteiger partial charge on any atom is -0.309 e. The molecule has 0 unspecified atom stereocenters. The van der Waals surface area contributed by atoms with Gasteiger partial charge in [-0.05, 0) is 127 Å². The van der Waals surface area contributed by atoms with E-state index in [1.165, 1.54) is 125 Å². The maximum atomic E-state index is 2.60. The van der Waals surface area contributed by atoms with Crippen LogP contribution in [0.2, 0.25) is 0 Å². The number of benzene rings is 10. The molecule has 0 bridgehead atoms. The lowest BCUT2D eigenvalue weighted by molar-refractivity contribution is 0.687. The molecule has 1 spiro atoms. The second-order valence-corrected chi connectivity index (χ2v) is 17.7. The Morgan fingerprint density at radius 3 is 1.42 bits per heavy atom. The maximum Gasteiger partial charge on any atom is 0.0746 e. The highest BCUT2D eigenvalue weighted by atomic mass is 15.2. The van der Waals surface area contributed by atoms with Gasteiger partial charge in [-0.15, -0.1) is 0 Å². The Balaban J connectivity index is 1.12. The lowest BCUT2D eigenvalue weighted by Gasteiger charge is -2.37. The second kappa shape index (κ2) is 14.7. The molecule has 0 aliphatic heterocycles. The molecule has 64 heavy (non-hydrogen) atoms. The SMILES string of the molecule is c1ccc(-c2ccccc2N(c2ccccc2-c2ccc(-c3cccc4c3CCCC4)c3ccccc23)c2cccc3c2C2(c4ccccc4-c4ccccc42)c2ccccc2-3)cc1. The Bertz CT molecular complexity index is 3400. The van der Waals surface area contributed by atoms with Crippen LogP contribution in [0.1, 0.15) is 46.2 Å². The number of hydrogen-bond donors (Lipinski definition) is 0. The zero-order chi connectivity index (χ0) is 42.2. The molecule has 0 fully saturated rings. The molecule has 0 radical (unpaired) electrons. The van der Waals surface area contributed by atoms with Crippen LogP contribution in [0.25, 0.3) is 66.4 Å². The molecule has 0 N–H and O–H groups in total. The van der Waals surface area contributed by atoms with E-state index in [-0.39, 0.29) is 0 Å². The number of para-hydroxylation sites is 2. The normalized spacial score (nSPS) is 13.8. The quantitative estimate of drug-likeness (QED) is 0.162. The van der Waals surface area contributed by atoms with Gasteiger partial charge < -0.3 is 4.90 Å². The minimum atomic E-state index is -0.534. The average molecular weight is 816 g/mol. The Kier molecular flexibility index (Phi) is 8.46. The van der Waals surface area contributed by atoms with Gasteiger partial charge in [0.15, 0.2) is 0 Å². The Morgan fingerprint density at radius 1 is 0.297 bits per heavy atom. The zero-order valence-corrected chi connectivity index (χ0v) is 35.6. The summed E-state index contributed by atoms with van der Waals surface area (Å²) in [6, 6.07) is 84.3. The van der Waals surface area contributed by atoms with Crippen LogP contribution in [-0.2, 0) is 18.3 Å². The Hall–Kier alpha value is -7.74. The van der Waals surface area contributed by atoms with E-state index in [0.29, 0.717) is 0 Å². The van der Waals surface area contributed by atoms with Crippen molar-refractivity contribution in [1.82, 2.24) is 0 Å². The summed E-state index contributed by atoms with van der Waals surface area (Å²) < 4.78 is 0. The van der Waals surface area contributed by atoms with Gasteiger partial charge in [0.05, 0.1) is 22.5 Å². The second-order valence-electron chi connectivity index (χ2n) is 17.7. The van der Waals surface area contributed by atoms with Crippen LogP contribution in [0.15, 0.2) is 224 Å². The first kappa shape index (κ1) is 36.9. The predicted octanol–water partition coefficient (Wildman–Crippen LogP) is 16.5. The highest BCUT2D eigenvalue weighted by molar-refractivity contribution is 6.09. The minimum absolute atomic E-state index is 0.534. The van der Waals surface area contributed by atoms with Gasteiger partial charge in [-0.2, -0.15) is 0 Å². The van der Waals surface area contributed by atoms with E-state index in [2.05, 4.69) is 229 Å². The van der Waals surface area contributed by atoms with E-state index >= 15 is 0 Å². The largest absolute Gasteiger partial charge is 0.309 e. The monoisotopic (exact) mass is 815 g/mol. The third-order valence-corrected chi connectivity index (χ3v) is 14.5. The number of hydrogen-bond acceptors (Lipinski definition) is 1. The smallest absolute Gasteiger partial charge is 0.0746 e. The first-order chi connectivity index (χ1) is 31.8. The van der Waals surface area contributed by atoms with E-state index in [9.17, 15) is 0 Å². The van der Waals surface area contributed by atoms with Crippen LogP contribution in [0, 0.1) is 0 Å². The molecule has 10 aromatic rings. The summed E-state index contributed by atoms with van der Waals surface area (Å²) in [6.07, 6.45) is 4.83. The molecule has 302 valence electrons. The topological polar surface area (TPSA) is 3.24 Å².